The van der Waals surface area contributed by atoms with Crippen LogP contribution in [0.25, 0.3) is 5.69 Å². The van der Waals surface area contributed by atoms with Crippen molar-refractivity contribution in [3.05, 3.63) is 60.2 Å². The first kappa shape index (κ1) is 19.9. The van der Waals surface area contributed by atoms with Gasteiger partial charge >= 0.3 is 0 Å². The first-order chi connectivity index (χ1) is 13.7. The second kappa shape index (κ2) is 9.89. The van der Waals surface area contributed by atoms with Gasteiger partial charge in [0.05, 0.1) is 11.9 Å². The molecule has 0 saturated heterocycles. The number of rotatable bonds is 9. The topological polar surface area (TPSA) is 81.9 Å². The Balaban J connectivity index is 1.61. The lowest BCUT2D eigenvalue weighted by atomic mass is 10.1. The van der Waals surface area contributed by atoms with E-state index in [4.69, 9.17) is 4.74 Å². The number of amides is 1. The monoisotopic (exact) mass is 397 g/mol. The fourth-order valence-corrected chi connectivity index (χ4v) is 3.47. The zero-order valence-corrected chi connectivity index (χ0v) is 16.7. The van der Waals surface area contributed by atoms with Gasteiger partial charge in [0.1, 0.15) is 11.4 Å². The summed E-state index contributed by atoms with van der Waals surface area (Å²) in [5.41, 5.74) is 1.94. The van der Waals surface area contributed by atoms with Crippen molar-refractivity contribution in [2.45, 2.75) is 30.7 Å². The van der Waals surface area contributed by atoms with Crippen LogP contribution in [0.5, 0.6) is 5.75 Å². The average molecular weight is 398 g/mol. The lowest BCUT2D eigenvalue weighted by Crippen LogP contribution is -2.32. The quantitative estimate of drug-likeness (QED) is 0.559. The number of carbonyl (C=O) groups excluding carboxylic acids is 1. The Morgan fingerprint density at radius 3 is 2.71 bits per heavy atom. The first-order valence-corrected chi connectivity index (χ1v) is 10.1. The molecule has 3 rings (SSSR count). The van der Waals surface area contributed by atoms with Crippen LogP contribution in [0.4, 0.5) is 0 Å². The van der Waals surface area contributed by atoms with E-state index in [1.54, 1.807) is 4.68 Å². The molecule has 0 aliphatic carbocycles. The third-order valence-electron chi connectivity index (χ3n) is 4.04. The second-order valence-electron chi connectivity index (χ2n) is 6.06. The minimum absolute atomic E-state index is 0.0476. The average Bonchev–Trinajstić information content (AvgIpc) is 3.17. The molecule has 7 nitrogen and oxygen atoms in total. The number of aromatic nitrogens is 4. The summed E-state index contributed by atoms with van der Waals surface area (Å²) in [6, 6.07) is 17.6. The van der Waals surface area contributed by atoms with Gasteiger partial charge in [-0.15, -0.1) is 5.10 Å². The smallest absolute Gasteiger partial charge is 0.233 e. The highest BCUT2D eigenvalue weighted by Gasteiger charge is 2.20. The summed E-state index contributed by atoms with van der Waals surface area (Å²) in [7, 11) is 0. The van der Waals surface area contributed by atoms with Crippen LogP contribution in [0.15, 0.2) is 59.8 Å². The van der Waals surface area contributed by atoms with Crippen LogP contribution in [0.1, 0.15) is 19.4 Å². The van der Waals surface area contributed by atoms with Crippen molar-refractivity contribution in [2.24, 2.45) is 0 Å². The first-order valence-electron chi connectivity index (χ1n) is 9.18. The van der Waals surface area contributed by atoms with E-state index < -0.39 is 0 Å². The number of nitrogens with zero attached hydrogens (tertiary/aromatic N) is 4. The summed E-state index contributed by atoms with van der Waals surface area (Å²) in [5, 5.41) is 15.1. The Hall–Kier alpha value is -2.87. The summed E-state index contributed by atoms with van der Waals surface area (Å²) >= 11 is 1.31. The second-order valence-corrected chi connectivity index (χ2v) is 7.37. The molecule has 1 amide bonds. The largest absolute Gasteiger partial charge is 0.492 e. The van der Waals surface area contributed by atoms with Crippen molar-refractivity contribution in [3.8, 4) is 11.4 Å². The molecular weight excluding hydrogens is 374 g/mol. The van der Waals surface area contributed by atoms with Crippen LogP contribution < -0.4 is 10.1 Å². The summed E-state index contributed by atoms with van der Waals surface area (Å²) in [5.74, 6) is 0.646. The Bertz CT molecular complexity index is 900. The SMILES string of the molecule is CCOc1ccccc1-n1nnnc1SC(C)C(=O)NCCc1ccccc1. The molecule has 0 radical (unpaired) electrons. The third-order valence-corrected chi connectivity index (χ3v) is 5.07. The molecule has 1 heterocycles. The van der Waals surface area contributed by atoms with Gasteiger partial charge in [0, 0.05) is 6.54 Å². The van der Waals surface area contributed by atoms with Crippen LogP contribution in [-0.4, -0.2) is 44.5 Å². The highest BCUT2D eigenvalue weighted by molar-refractivity contribution is 8.00. The van der Waals surface area contributed by atoms with Crippen molar-refractivity contribution in [3.63, 3.8) is 0 Å². The number of ether oxygens (including phenoxy) is 1. The predicted molar refractivity (Wildman–Crippen MR) is 109 cm³/mol. The number of tetrazole rings is 1. The molecule has 1 aromatic heterocycles. The minimum atomic E-state index is -0.334. The molecule has 0 fully saturated rings. The van der Waals surface area contributed by atoms with Gasteiger partial charge in [-0.25, -0.2) is 0 Å². The molecule has 2 aromatic carbocycles. The van der Waals surface area contributed by atoms with Crippen LogP contribution in [0.3, 0.4) is 0 Å². The van der Waals surface area contributed by atoms with Crippen LogP contribution in [0.2, 0.25) is 0 Å². The van der Waals surface area contributed by atoms with Crippen molar-refractivity contribution in [1.82, 2.24) is 25.5 Å². The summed E-state index contributed by atoms with van der Waals surface area (Å²) in [6.45, 7) is 4.90. The maximum Gasteiger partial charge on any atom is 0.233 e. The number of carbonyl (C=O) groups is 1. The third kappa shape index (κ3) is 5.10. The van der Waals surface area contributed by atoms with Crippen LogP contribution in [0, 0.1) is 0 Å². The minimum Gasteiger partial charge on any atom is -0.492 e. The summed E-state index contributed by atoms with van der Waals surface area (Å²) in [6.07, 6.45) is 0.795. The Morgan fingerprint density at radius 2 is 1.93 bits per heavy atom. The number of para-hydroxylation sites is 2. The summed E-state index contributed by atoms with van der Waals surface area (Å²) in [4.78, 5) is 12.4. The number of thioether (sulfide) groups is 1. The van der Waals surface area contributed by atoms with Crippen molar-refractivity contribution in [1.29, 1.82) is 0 Å². The molecule has 1 N–H and O–H groups in total. The van der Waals surface area contributed by atoms with E-state index in [0.29, 0.717) is 24.1 Å². The maximum absolute atomic E-state index is 12.4. The Morgan fingerprint density at radius 1 is 1.18 bits per heavy atom. The number of benzene rings is 2. The van der Waals surface area contributed by atoms with E-state index in [0.717, 1.165) is 12.1 Å². The fraction of sp³-hybridized carbons (Fsp3) is 0.300. The Kier molecular flexibility index (Phi) is 7.02. The van der Waals surface area contributed by atoms with E-state index in [2.05, 4.69) is 20.8 Å². The molecule has 0 saturated carbocycles. The molecule has 146 valence electrons. The van der Waals surface area contributed by atoms with Gasteiger partial charge in [-0.1, -0.05) is 54.2 Å². The van der Waals surface area contributed by atoms with E-state index >= 15 is 0 Å². The molecule has 0 aliphatic heterocycles. The Labute approximate surface area is 168 Å². The zero-order valence-electron chi connectivity index (χ0n) is 15.9. The predicted octanol–water partition coefficient (Wildman–Crippen LogP) is 2.90. The molecule has 0 spiro atoms. The lowest BCUT2D eigenvalue weighted by molar-refractivity contribution is -0.120. The maximum atomic E-state index is 12.4. The van der Waals surface area contributed by atoms with E-state index in [-0.39, 0.29) is 11.2 Å². The standard InChI is InChI=1S/C20H23N5O2S/c1-3-27-18-12-8-7-11-17(18)25-20(22-23-24-25)28-15(2)19(26)21-14-13-16-9-5-4-6-10-16/h4-12,15H,3,13-14H2,1-2H3,(H,21,26). The molecule has 0 bridgehead atoms. The molecule has 0 aliphatic rings. The fourth-order valence-electron chi connectivity index (χ4n) is 2.64. The van der Waals surface area contributed by atoms with Gasteiger partial charge in [-0.2, -0.15) is 4.68 Å². The number of hydrogen-bond acceptors (Lipinski definition) is 6. The van der Waals surface area contributed by atoms with Gasteiger partial charge in [-0.3, -0.25) is 4.79 Å². The summed E-state index contributed by atoms with van der Waals surface area (Å²) < 4.78 is 7.26. The van der Waals surface area contributed by atoms with Gasteiger partial charge in [0.15, 0.2) is 0 Å². The number of hydrogen-bond donors (Lipinski definition) is 1. The normalized spacial score (nSPS) is 11.8. The van der Waals surface area contributed by atoms with Crippen molar-refractivity contribution < 1.29 is 9.53 Å². The molecule has 1 atom stereocenters. The highest BCUT2D eigenvalue weighted by Crippen LogP contribution is 2.27. The molecule has 1 unspecified atom stereocenters. The van der Waals surface area contributed by atoms with Crippen LogP contribution in [-0.2, 0) is 11.2 Å². The van der Waals surface area contributed by atoms with Gasteiger partial charge < -0.3 is 10.1 Å². The van der Waals surface area contributed by atoms with E-state index in [1.807, 2.05) is 68.4 Å². The van der Waals surface area contributed by atoms with Crippen molar-refractivity contribution >= 4 is 17.7 Å². The molecular formula is C20H23N5O2S. The van der Waals surface area contributed by atoms with Gasteiger partial charge in [0.25, 0.3) is 0 Å². The number of nitrogens with one attached hydrogen (secondary N) is 1. The van der Waals surface area contributed by atoms with E-state index in [1.165, 1.54) is 17.3 Å². The molecule has 28 heavy (non-hydrogen) atoms. The molecule has 8 heteroatoms. The van der Waals surface area contributed by atoms with Crippen molar-refractivity contribution in [2.75, 3.05) is 13.2 Å². The highest BCUT2D eigenvalue weighted by atomic mass is 32.2. The van der Waals surface area contributed by atoms with Gasteiger partial charge in [-0.05, 0) is 48.4 Å². The lowest BCUT2D eigenvalue weighted by Gasteiger charge is -2.13. The van der Waals surface area contributed by atoms with E-state index in [9.17, 15) is 4.79 Å². The van der Waals surface area contributed by atoms with Gasteiger partial charge in [0.2, 0.25) is 11.1 Å². The van der Waals surface area contributed by atoms with Crippen LogP contribution >= 0.6 is 11.8 Å². The molecule has 3 aromatic rings. The zero-order chi connectivity index (χ0) is 19.8.